The Labute approximate surface area is 92.9 Å². The topological polar surface area (TPSA) is 56.7 Å². The zero-order valence-electron chi connectivity index (χ0n) is 9.18. The number of nitrogens with two attached hydrogens (primary N) is 1. The molecule has 0 saturated heterocycles. The number of imidazole rings is 1. The largest absolute Gasteiger partial charge is 0.321 e. The third kappa shape index (κ3) is 1.81. The summed E-state index contributed by atoms with van der Waals surface area (Å²) in [7, 11) is 0. The van der Waals surface area contributed by atoms with Crippen molar-refractivity contribution in [1.29, 1.82) is 0 Å². The zero-order chi connectivity index (χ0) is 11.8. The van der Waals surface area contributed by atoms with Gasteiger partial charge in [0.2, 0.25) is 0 Å². The SMILES string of the molecule is CC(C)(N)c1cncn1-c1ccncc1F. The van der Waals surface area contributed by atoms with Crippen molar-refractivity contribution < 1.29 is 4.39 Å². The lowest BCUT2D eigenvalue weighted by Gasteiger charge is -2.20. The van der Waals surface area contributed by atoms with E-state index in [1.54, 1.807) is 23.2 Å². The number of hydrogen-bond acceptors (Lipinski definition) is 3. The third-order valence-corrected chi connectivity index (χ3v) is 2.31. The summed E-state index contributed by atoms with van der Waals surface area (Å²) in [4.78, 5) is 7.71. The average molecular weight is 220 g/mol. The molecule has 2 aromatic heterocycles. The fraction of sp³-hybridized carbons (Fsp3) is 0.273. The normalized spacial score (nSPS) is 11.8. The van der Waals surface area contributed by atoms with Gasteiger partial charge in [0, 0.05) is 6.20 Å². The maximum absolute atomic E-state index is 13.6. The van der Waals surface area contributed by atoms with Gasteiger partial charge >= 0.3 is 0 Å². The fourth-order valence-corrected chi connectivity index (χ4v) is 1.53. The van der Waals surface area contributed by atoms with Crippen LogP contribution >= 0.6 is 0 Å². The lowest BCUT2D eigenvalue weighted by molar-refractivity contribution is 0.518. The Bertz CT molecular complexity index is 499. The highest BCUT2D eigenvalue weighted by molar-refractivity contribution is 5.34. The van der Waals surface area contributed by atoms with Gasteiger partial charge in [-0.2, -0.15) is 0 Å². The summed E-state index contributed by atoms with van der Waals surface area (Å²) < 4.78 is 15.2. The van der Waals surface area contributed by atoms with Gasteiger partial charge in [-0.15, -0.1) is 0 Å². The Morgan fingerprint density at radius 2 is 2.06 bits per heavy atom. The van der Waals surface area contributed by atoms with Gasteiger partial charge in [0.1, 0.15) is 0 Å². The number of aromatic nitrogens is 3. The van der Waals surface area contributed by atoms with Gasteiger partial charge in [0.15, 0.2) is 5.82 Å². The molecule has 2 rings (SSSR count). The van der Waals surface area contributed by atoms with Crippen LogP contribution in [0.4, 0.5) is 4.39 Å². The van der Waals surface area contributed by atoms with Gasteiger partial charge in [-0.05, 0) is 19.9 Å². The minimum atomic E-state index is -0.577. The highest BCUT2D eigenvalue weighted by Gasteiger charge is 2.20. The molecule has 2 heterocycles. The van der Waals surface area contributed by atoms with Crippen molar-refractivity contribution in [2.24, 2.45) is 5.73 Å². The molecule has 0 bridgehead atoms. The van der Waals surface area contributed by atoms with Crippen LogP contribution in [0.2, 0.25) is 0 Å². The van der Waals surface area contributed by atoms with Crippen LogP contribution in [0.1, 0.15) is 19.5 Å². The minimum Gasteiger partial charge on any atom is -0.321 e. The van der Waals surface area contributed by atoms with E-state index in [-0.39, 0.29) is 0 Å². The summed E-state index contributed by atoms with van der Waals surface area (Å²) >= 11 is 0. The second-order valence-corrected chi connectivity index (χ2v) is 4.20. The van der Waals surface area contributed by atoms with E-state index >= 15 is 0 Å². The van der Waals surface area contributed by atoms with Gasteiger partial charge in [0.05, 0.1) is 35.6 Å². The van der Waals surface area contributed by atoms with Crippen LogP contribution in [-0.4, -0.2) is 14.5 Å². The molecule has 0 amide bonds. The van der Waals surface area contributed by atoms with Crippen molar-refractivity contribution in [2.75, 3.05) is 0 Å². The van der Waals surface area contributed by atoms with Crippen molar-refractivity contribution in [3.63, 3.8) is 0 Å². The number of pyridine rings is 1. The minimum absolute atomic E-state index is 0.397. The molecule has 16 heavy (non-hydrogen) atoms. The first-order valence-corrected chi connectivity index (χ1v) is 4.92. The van der Waals surface area contributed by atoms with Gasteiger partial charge < -0.3 is 5.73 Å². The molecule has 84 valence electrons. The van der Waals surface area contributed by atoms with Crippen LogP contribution in [0.5, 0.6) is 0 Å². The zero-order valence-corrected chi connectivity index (χ0v) is 9.18. The van der Waals surface area contributed by atoms with E-state index in [2.05, 4.69) is 9.97 Å². The molecule has 0 saturated carbocycles. The summed E-state index contributed by atoms with van der Waals surface area (Å²) in [5.74, 6) is -0.397. The van der Waals surface area contributed by atoms with Gasteiger partial charge in [-0.25, -0.2) is 9.37 Å². The predicted molar refractivity (Wildman–Crippen MR) is 58.5 cm³/mol. The van der Waals surface area contributed by atoms with Crippen LogP contribution < -0.4 is 5.73 Å². The Kier molecular flexibility index (Phi) is 2.47. The first kappa shape index (κ1) is 10.8. The lowest BCUT2D eigenvalue weighted by Crippen LogP contribution is -2.31. The van der Waals surface area contributed by atoms with E-state index < -0.39 is 11.4 Å². The maximum atomic E-state index is 13.6. The quantitative estimate of drug-likeness (QED) is 0.836. The molecule has 0 atom stereocenters. The first-order chi connectivity index (χ1) is 7.50. The third-order valence-electron chi connectivity index (χ3n) is 2.31. The fourth-order valence-electron chi connectivity index (χ4n) is 1.53. The Hall–Kier alpha value is -1.75. The van der Waals surface area contributed by atoms with Crippen LogP contribution in [0.15, 0.2) is 31.0 Å². The smallest absolute Gasteiger partial charge is 0.165 e. The standard InChI is InChI=1S/C11H13FN4/c1-11(2,13)10-6-15-7-16(10)9-3-4-14-5-8(9)12/h3-7H,13H2,1-2H3. The summed E-state index contributed by atoms with van der Waals surface area (Å²) in [6.45, 7) is 3.69. The Morgan fingerprint density at radius 3 is 2.69 bits per heavy atom. The maximum Gasteiger partial charge on any atom is 0.165 e. The first-order valence-electron chi connectivity index (χ1n) is 4.92. The van der Waals surface area contributed by atoms with E-state index in [4.69, 9.17) is 5.73 Å². The van der Waals surface area contributed by atoms with Crippen LogP contribution in [-0.2, 0) is 5.54 Å². The number of rotatable bonds is 2. The van der Waals surface area contributed by atoms with Gasteiger partial charge in [-0.1, -0.05) is 0 Å². The monoisotopic (exact) mass is 220 g/mol. The molecule has 0 aliphatic heterocycles. The second kappa shape index (κ2) is 3.68. The van der Waals surface area contributed by atoms with Crippen molar-refractivity contribution in [3.05, 3.63) is 42.5 Å². The molecule has 0 aromatic carbocycles. The molecule has 0 spiro atoms. The number of hydrogen-bond donors (Lipinski definition) is 1. The summed E-state index contributed by atoms with van der Waals surface area (Å²) in [5.41, 5.74) is 6.56. The molecular formula is C11H13FN4. The molecular weight excluding hydrogens is 207 g/mol. The van der Waals surface area contributed by atoms with Gasteiger partial charge in [-0.3, -0.25) is 9.55 Å². The van der Waals surface area contributed by atoms with E-state index in [9.17, 15) is 4.39 Å². The predicted octanol–water partition coefficient (Wildman–Crippen LogP) is 1.60. The highest BCUT2D eigenvalue weighted by Crippen LogP contribution is 2.21. The summed E-state index contributed by atoms with van der Waals surface area (Å²) in [6.07, 6.45) is 5.89. The van der Waals surface area contributed by atoms with Crippen molar-refractivity contribution in [3.8, 4) is 5.69 Å². The van der Waals surface area contributed by atoms with Crippen molar-refractivity contribution in [1.82, 2.24) is 14.5 Å². The van der Waals surface area contributed by atoms with E-state index in [0.29, 0.717) is 5.69 Å². The Morgan fingerprint density at radius 1 is 1.31 bits per heavy atom. The molecule has 0 aliphatic rings. The average Bonchev–Trinajstić information content (AvgIpc) is 2.66. The van der Waals surface area contributed by atoms with E-state index in [1.807, 2.05) is 13.8 Å². The second-order valence-electron chi connectivity index (χ2n) is 4.20. The highest BCUT2D eigenvalue weighted by atomic mass is 19.1. The van der Waals surface area contributed by atoms with Crippen molar-refractivity contribution in [2.45, 2.75) is 19.4 Å². The molecule has 0 fully saturated rings. The number of halogens is 1. The molecule has 2 N–H and O–H groups in total. The molecule has 0 unspecified atom stereocenters. The van der Waals surface area contributed by atoms with Crippen molar-refractivity contribution >= 4 is 0 Å². The van der Waals surface area contributed by atoms with Crippen LogP contribution in [0.25, 0.3) is 5.69 Å². The lowest BCUT2D eigenvalue weighted by atomic mass is 10.0. The summed E-state index contributed by atoms with van der Waals surface area (Å²) in [5, 5.41) is 0. The van der Waals surface area contributed by atoms with Crippen LogP contribution in [0.3, 0.4) is 0 Å². The van der Waals surface area contributed by atoms with E-state index in [1.165, 1.54) is 12.4 Å². The number of nitrogens with zero attached hydrogens (tertiary/aromatic N) is 3. The molecule has 2 aromatic rings. The molecule has 0 radical (unpaired) electrons. The van der Waals surface area contributed by atoms with Crippen LogP contribution in [0, 0.1) is 5.82 Å². The Balaban J connectivity index is 2.58. The van der Waals surface area contributed by atoms with E-state index in [0.717, 1.165) is 5.69 Å². The molecule has 4 nitrogen and oxygen atoms in total. The van der Waals surface area contributed by atoms with Gasteiger partial charge in [0.25, 0.3) is 0 Å². The molecule has 0 aliphatic carbocycles. The molecule has 5 heteroatoms. The summed E-state index contributed by atoms with van der Waals surface area (Å²) in [6, 6.07) is 1.59.